The Bertz CT molecular complexity index is 753. The summed E-state index contributed by atoms with van der Waals surface area (Å²) in [6, 6.07) is 7.07. The van der Waals surface area contributed by atoms with Crippen LogP contribution in [0.3, 0.4) is 0 Å². The van der Waals surface area contributed by atoms with Gasteiger partial charge in [-0.2, -0.15) is 4.90 Å². The molecule has 0 saturated heterocycles. The van der Waals surface area contributed by atoms with E-state index in [1.807, 2.05) is 6.07 Å². The normalized spacial score (nSPS) is 12.3. The molecule has 172 valence electrons. The third-order valence-electron chi connectivity index (χ3n) is 3.43. The number of benzene rings is 1. The minimum Gasteiger partial charge on any atom is -0.480 e. The predicted molar refractivity (Wildman–Crippen MR) is 110 cm³/mol. The number of nitrogens with one attached hydrogen (secondary N) is 1. The fourth-order valence-electron chi connectivity index (χ4n) is 2.19. The van der Waals surface area contributed by atoms with Crippen molar-refractivity contribution in [2.75, 3.05) is 6.54 Å². The van der Waals surface area contributed by atoms with Gasteiger partial charge in [-0.3, -0.25) is 0 Å². The summed E-state index contributed by atoms with van der Waals surface area (Å²) in [4.78, 5) is 49.3. The van der Waals surface area contributed by atoms with E-state index >= 15 is 0 Å². The van der Waals surface area contributed by atoms with Crippen LogP contribution in [0.25, 0.3) is 0 Å². The first-order valence-electron chi connectivity index (χ1n) is 9.62. The Morgan fingerprint density at radius 1 is 0.935 bits per heavy atom. The van der Waals surface area contributed by atoms with Gasteiger partial charge in [0, 0.05) is 0 Å². The van der Waals surface area contributed by atoms with Gasteiger partial charge < -0.3 is 24.6 Å². The molecule has 0 saturated carbocycles. The second kappa shape index (κ2) is 10.6. The number of carboxylic acid groups (broad SMARTS) is 1. The lowest BCUT2D eigenvalue weighted by molar-refractivity contribution is -0.142. The molecular formula is C21H30N2O8. The molecule has 10 nitrogen and oxygen atoms in total. The Morgan fingerprint density at radius 2 is 1.42 bits per heavy atom. The second-order valence-corrected chi connectivity index (χ2v) is 8.63. The first-order chi connectivity index (χ1) is 14.2. The van der Waals surface area contributed by atoms with Crippen molar-refractivity contribution in [1.29, 1.82) is 0 Å². The van der Waals surface area contributed by atoms with Crippen molar-refractivity contribution < 1.29 is 38.5 Å². The Morgan fingerprint density at radius 3 is 1.84 bits per heavy atom. The van der Waals surface area contributed by atoms with Gasteiger partial charge in [-0.05, 0) is 47.1 Å². The molecule has 0 aliphatic rings. The number of alkyl carbamates (subject to hydrolysis) is 1. The minimum absolute atomic E-state index is 0.0355. The third kappa shape index (κ3) is 9.83. The van der Waals surface area contributed by atoms with Crippen LogP contribution in [0.1, 0.15) is 47.1 Å². The fourth-order valence-corrected chi connectivity index (χ4v) is 2.19. The van der Waals surface area contributed by atoms with Crippen LogP contribution in [0, 0.1) is 0 Å². The van der Waals surface area contributed by atoms with Crippen LogP contribution in [0.5, 0.6) is 0 Å². The number of rotatable bonds is 6. The van der Waals surface area contributed by atoms with Gasteiger partial charge in [0.15, 0.2) is 6.04 Å². The quantitative estimate of drug-likeness (QED) is 0.645. The molecule has 0 heterocycles. The van der Waals surface area contributed by atoms with Crippen LogP contribution >= 0.6 is 0 Å². The van der Waals surface area contributed by atoms with Crippen LogP contribution in [-0.4, -0.2) is 58.0 Å². The van der Waals surface area contributed by atoms with Gasteiger partial charge in [-0.1, -0.05) is 30.3 Å². The summed E-state index contributed by atoms with van der Waals surface area (Å²) >= 11 is 0. The number of amides is 3. The topological polar surface area (TPSA) is 131 Å². The first kappa shape index (κ1) is 25.7. The van der Waals surface area contributed by atoms with Gasteiger partial charge in [0.25, 0.3) is 0 Å². The van der Waals surface area contributed by atoms with Gasteiger partial charge in [0.2, 0.25) is 0 Å². The summed E-state index contributed by atoms with van der Waals surface area (Å²) in [5.74, 6) is -1.54. The zero-order valence-electron chi connectivity index (χ0n) is 18.6. The van der Waals surface area contributed by atoms with Crippen molar-refractivity contribution in [3.63, 3.8) is 0 Å². The highest BCUT2D eigenvalue weighted by Crippen LogP contribution is 2.17. The molecule has 0 aromatic heterocycles. The fraction of sp³-hybridized carbons (Fsp3) is 0.524. The summed E-state index contributed by atoms with van der Waals surface area (Å²) < 4.78 is 15.3. The van der Waals surface area contributed by atoms with Gasteiger partial charge in [-0.15, -0.1) is 0 Å². The van der Waals surface area contributed by atoms with Crippen molar-refractivity contribution >= 4 is 24.2 Å². The second-order valence-electron chi connectivity index (χ2n) is 8.63. The molecule has 10 heteroatoms. The number of carboxylic acids is 1. The average molecular weight is 438 g/mol. The van der Waals surface area contributed by atoms with Crippen molar-refractivity contribution in [3.05, 3.63) is 35.9 Å². The number of nitrogens with zero attached hydrogens (tertiary/aromatic N) is 1. The van der Waals surface area contributed by atoms with Gasteiger partial charge in [0.05, 0.1) is 6.54 Å². The highest BCUT2D eigenvalue weighted by molar-refractivity contribution is 5.94. The van der Waals surface area contributed by atoms with E-state index in [1.54, 1.807) is 65.8 Å². The average Bonchev–Trinajstić information content (AvgIpc) is 2.60. The molecule has 0 bridgehead atoms. The summed E-state index contributed by atoms with van der Waals surface area (Å²) in [7, 11) is 0. The van der Waals surface area contributed by atoms with Crippen LogP contribution < -0.4 is 5.32 Å². The molecule has 0 fully saturated rings. The van der Waals surface area contributed by atoms with E-state index in [9.17, 15) is 24.3 Å². The largest absolute Gasteiger partial charge is 0.480 e. The number of hydrogen-bond acceptors (Lipinski definition) is 7. The van der Waals surface area contributed by atoms with E-state index in [0.29, 0.717) is 4.90 Å². The molecule has 3 amide bonds. The number of aliphatic carboxylic acids is 1. The van der Waals surface area contributed by atoms with Crippen molar-refractivity contribution in [1.82, 2.24) is 10.2 Å². The lowest BCUT2D eigenvalue weighted by atomic mass is 10.2. The molecule has 1 atom stereocenters. The van der Waals surface area contributed by atoms with E-state index in [4.69, 9.17) is 14.2 Å². The van der Waals surface area contributed by atoms with Crippen LogP contribution in [0.15, 0.2) is 30.3 Å². The highest BCUT2D eigenvalue weighted by atomic mass is 16.6. The first-order valence-corrected chi connectivity index (χ1v) is 9.62. The van der Waals surface area contributed by atoms with Gasteiger partial charge in [-0.25, -0.2) is 19.2 Å². The third-order valence-corrected chi connectivity index (χ3v) is 3.43. The number of hydrogen-bond donors (Lipinski definition) is 2. The SMILES string of the molecule is CC(C)(C)OC(=O)N(C(=O)OC(C)(C)C)[C@@H](CNC(=O)OCc1ccccc1)C(=O)O. The molecule has 0 spiro atoms. The van der Waals surface area contributed by atoms with Gasteiger partial charge >= 0.3 is 24.2 Å². The molecule has 2 N–H and O–H groups in total. The molecule has 0 radical (unpaired) electrons. The molecule has 1 aromatic rings. The Hall–Kier alpha value is -3.30. The smallest absolute Gasteiger partial charge is 0.420 e. The van der Waals surface area contributed by atoms with E-state index in [1.165, 1.54) is 0 Å². The number of carbonyl (C=O) groups excluding carboxylic acids is 3. The standard InChI is InChI=1S/C21H30N2O8/c1-20(2,3)30-18(27)23(19(28)31-21(4,5)6)15(16(24)25)12-22-17(26)29-13-14-10-8-7-9-11-14/h7-11,15H,12-13H2,1-6H3,(H,22,26)(H,24,25)/t15-/m0/s1. The molecule has 1 aromatic carbocycles. The molecule has 31 heavy (non-hydrogen) atoms. The minimum atomic E-state index is -1.78. The van der Waals surface area contributed by atoms with Crippen molar-refractivity contribution in [2.24, 2.45) is 0 Å². The van der Waals surface area contributed by atoms with E-state index < -0.39 is 48.0 Å². The molecular weight excluding hydrogens is 408 g/mol. The summed E-state index contributed by atoms with van der Waals surface area (Å²) in [5, 5.41) is 11.9. The van der Waals surface area contributed by atoms with Crippen LogP contribution in [-0.2, 0) is 25.6 Å². The predicted octanol–water partition coefficient (Wildman–Crippen LogP) is 3.54. The molecule has 0 aliphatic heterocycles. The zero-order chi connectivity index (χ0) is 23.8. The summed E-state index contributed by atoms with van der Waals surface area (Å²) in [6.07, 6.45) is -3.34. The Balaban J connectivity index is 2.93. The van der Waals surface area contributed by atoms with Crippen molar-refractivity contribution in [2.45, 2.75) is 65.4 Å². The number of imide groups is 1. The maximum Gasteiger partial charge on any atom is 0.420 e. The monoisotopic (exact) mass is 438 g/mol. The van der Waals surface area contributed by atoms with E-state index in [-0.39, 0.29) is 6.61 Å². The number of carbonyl (C=O) groups is 4. The lowest BCUT2D eigenvalue weighted by Gasteiger charge is -2.31. The molecule has 0 unspecified atom stereocenters. The zero-order valence-corrected chi connectivity index (χ0v) is 18.6. The maximum atomic E-state index is 12.6. The molecule has 1 rings (SSSR count). The van der Waals surface area contributed by atoms with Crippen LogP contribution in [0.2, 0.25) is 0 Å². The molecule has 0 aliphatic carbocycles. The van der Waals surface area contributed by atoms with Crippen LogP contribution in [0.4, 0.5) is 14.4 Å². The summed E-state index contributed by atoms with van der Waals surface area (Å²) in [6.45, 7) is 8.73. The van der Waals surface area contributed by atoms with Crippen molar-refractivity contribution in [3.8, 4) is 0 Å². The Kier molecular flexibility index (Phi) is 8.84. The highest BCUT2D eigenvalue weighted by Gasteiger charge is 2.40. The summed E-state index contributed by atoms with van der Waals surface area (Å²) in [5.41, 5.74) is -1.26. The Labute approximate surface area is 181 Å². The van der Waals surface area contributed by atoms with E-state index in [0.717, 1.165) is 5.56 Å². The van der Waals surface area contributed by atoms with Gasteiger partial charge in [0.1, 0.15) is 17.8 Å². The maximum absolute atomic E-state index is 12.6. The lowest BCUT2D eigenvalue weighted by Crippen LogP contribution is -2.55. The number of ether oxygens (including phenoxy) is 3. The van der Waals surface area contributed by atoms with E-state index in [2.05, 4.69) is 5.32 Å².